The minimum atomic E-state index is -0.692. The fourth-order valence-electron chi connectivity index (χ4n) is 1.12. The molecule has 0 aliphatic carbocycles. The lowest BCUT2D eigenvalue weighted by atomic mass is 10.2. The van der Waals surface area contributed by atoms with Crippen molar-refractivity contribution in [1.29, 1.82) is 0 Å². The Hall–Kier alpha value is -1.84. The van der Waals surface area contributed by atoms with Gasteiger partial charge in [0.25, 0.3) is 0 Å². The Labute approximate surface area is 94.6 Å². The molecule has 1 aromatic carbocycles. The number of ether oxygens (including phenoxy) is 1. The summed E-state index contributed by atoms with van der Waals surface area (Å²) in [6.45, 7) is 2.54. The maximum absolute atomic E-state index is 11.4. The van der Waals surface area contributed by atoms with Gasteiger partial charge in [0.1, 0.15) is 0 Å². The van der Waals surface area contributed by atoms with Gasteiger partial charge in [0.05, 0.1) is 5.56 Å². The second kappa shape index (κ2) is 6.61. The summed E-state index contributed by atoms with van der Waals surface area (Å²) in [5.41, 5.74) is 0.369. The standard InChI is InChI=1S/C12H15NO3/c1-2-3-9-13-12(15)16-11(14)10-7-5-4-6-8-10/h4-8H,2-3,9H2,1H3,(H,13,15). The molecule has 0 radical (unpaired) electrons. The van der Waals surface area contributed by atoms with Crippen LogP contribution in [0.25, 0.3) is 0 Å². The first kappa shape index (κ1) is 12.2. The van der Waals surface area contributed by atoms with E-state index < -0.39 is 12.1 Å². The van der Waals surface area contributed by atoms with Gasteiger partial charge in [0.2, 0.25) is 0 Å². The number of hydrogen-bond acceptors (Lipinski definition) is 3. The van der Waals surface area contributed by atoms with E-state index in [0.717, 1.165) is 12.8 Å². The second-order valence-electron chi connectivity index (χ2n) is 3.32. The number of alkyl carbamates (subject to hydrolysis) is 1. The number of hydrogen-bond donors (Lipinski definition) is 1. The molecule has 0 saturated heterocycles. The average molecular weight is 221 g/mol. The van der Waals surface area contributed by atoms with Crippen LogP contribution in [0, 0.1) is 0 Å². The Kier molecular flexibility index (Phi) is 5.05. The first-order chi connectivity index (χ1) is 7.74. The summed E-state index contributed by atoms with van der Waals surface area (Å²) < 4.78 is 4.59. The molecule has 0 aromatic heterocycles. The molecule has 4 nitrogen and oxygen atoms in total. The summed E-state index contributed by atoms with van der Waals surface area (Å²) in [4.78, 5) is 22.6. The SMILES string of the molecule is CCCCNC(=O)OC(=O)c1ccccc1. The minimum Gasteiger partial charge on any atom is -0.373 e. The van der Waals surface area contributed by atoms with Crippen molar-refractivity contribution in [3.05, 3.63) is 35.9 Å². The minimum absolute atomic E-state index is 0.369. The van der Waals surface area contributed by atoms with Crippen LogP contribution in [0.15, 0.2) is 30.3 Å². The maximum Gasteiger partial charge on any atom is 0.415 e. The van der Waals surface area contributed by atoms with Gasteiger partial charge in [0.15, 0.2) is 0 Å². The molecule has 1 aromatic rings. The Morgan fingerprint density at radius 2 is 1.94 bits per heavy atom. The predicted molar refractivity (Wildman–Crippen MR) is 60.2 cm³/mol. The highest BCUT2D eigenvalue weighted by Gasteiger charge is 2.11. The largest absolute Gasteiger partial charge is 0.415 e. The van der Waals surface area contributed by atoms with Crippen molar-refractivity contribution in [3.8, 4) is 0 Å². The highest BCUT2D eigenvalue weighted by atomic mass is 16.6. The van der Waals surface area contributed by atoms with Crippen LogP contribution in [0.2, 0.25) is 0 Å². The average Bonchev–Trinajstić information content (AvgIpc) is 2.30. The molecule has 16 heavy (non-hydrogen) atoms. The number of benzene rings is 1. The summed E-state index contributed by atoms with van der Waals surface area (Å²) >= 11 is 0. The van der Waals surface area contributed by atoms with Crippen LogP contribution in [0.1, 0.15) is 30.1 Å². The van der Waals surface area contributed by atoms with Crippen LogP contribution in [-0.4, -0.2) is 18.6 Å². The molecule has 0 atom stereocenters. The van der Waals surface area contributed by atoms with Gasteiger partial charge in [-0.15, -0.1) is 0 Å². The predicted octanol–water partition coefficient (Wildman–Crippen LogP) is 2.35. The molecule has 0 aliphatic rings. The summed E-state index contributed by atoms with van der Waals surface area (Å²) in [6.07, 6.45) is 1.16. The number of rotatable bonds is 4. The van der Waals surface area contributed by atoms with Crippen LogP contribution in [0.3, 0.4) is 0 Å². The Morgan fingerprint density at radius 1 is 1.25 bits per heavy atom. The summed E-state index contributed by atoms with van der Waals surface area (Å²) in [7, 11) is 0. The second-order valence-corrected chi connectivity index (χ2v) is 3.32. The molecular weight excluding hydrogens is 206 g/mol. The molecule has 0 bridgehead atoms. The topological polar surface area (TPSA) is 55.4 Å². The fourth-order valence-corrected chi connectivity index (χ4v) is 1.12. The molecule has 0 heterocycles. The molecule has 1 amide bonds. The monoisotopic (exact) mass is 221 g/mol. The fraction of sp³-hybridized carbons (Fsp3) is 0.333. The zero-order chi connectivity index (χ0) is 11.8. The van der Waals surface area contributed by atoms with Crippen LogP contribution < -0.4 is 5.32 Å². The molecule has 0 unspecified atom stereocenters. The number of carbonyl (C=O) groups excluding carboxylic acids is 2. The van der Waals surface area contributed by atoms with E-state index >= 15 is 0 Å². The van der Waals surface area contributed by atoms with Gasteiger partial charge in [-0.1, -0.05) is 31.5 Å². The van der Waals surface area contributed by atoms with Gasteiger partial charge in [-0.05, 0) is 18.6 Å². The number of esters is 1. The zero-order valence-corrected chi connectivity index (χ0v) is 9.23. The van der Waals surface area contributed by atoms with Gasteiger partial charge >= 0.3 is 12.1 Å². The number of unbranched alkanes of at least 4 members (excludes halogenated alkanes) is 1. The van der Waals surface area contributed by atoms with E-state index in [9.17, 15) is 9.59 Å². The molecule has 0 spiro atoms. The van der Waals surface area contributed by atoms with Crippen molar-refractivity contribution < 1.29 is 14.3 Å². The first-order valence-electron chi connectivity index (χ1n) is 5.29. The smallest absolute Gasteiger partial charge is 0.373 e. The third kappa shape index (κ3) is 4.13. The van der Waals surface area contributed by atoms with Crippen molar-refractivity contribution in [3.63, 3.8) is 0 Å². The lowest BCUT2D eigenvalue weighted by molar-refractivity contribution is 0.0622. The normalized spacial score (nSPS) is 9.56. The number of nitrogens with one attached hydrogen (secondary N) is 1. The lowest BCUT2D eigenvalue weighted by Crippen LogP contribution is -2.27. The van der Waals surface area contributed by atoms with E-state index in [1.54, 1.807) is 30.3 Å². The van der Waals surface area contributed by atoms with E-state index in [1.165, 1.54) is 0 Å². The van der Waals surface area contributed by atoms with E-state index in [1.807, 2.05) is 6.92 Å². The van der Waals surface area contributed by atoms with Crippen molar-refractivity contribution in [1.82, 2.24) is 5.32 Å². The van der Waals surface area contributed by atoms with E-state index in [0.29, 0.717) is 12.1 Å². The molecule has 0 fully saturated rings. The van der Waals surface area contributed by atoms with Gasteiger partial charge in [0, 0.05) is 6.54 Å². The Balaban J connectivity index is 2.37. The lowest BCUT2D eigenvalue weighted by Gasteiger charge is -2.04. The van der Waals surface area contributed by atoms with Crippen molar-refractivity contribution >= 4 is 12.1 Å². The Morgan fingerprint density at radius 3 is 2.56 bits per heavy atom. The van der Waals surface area contributed by atoms with Gasteiger partial charge in [-0.2, -0.15) is 0 Å². The van der Waals surface area contributed by atoms with Crippen LogP contribution >= 0.6 is 0 Å². The van der Waals surface area contributed by atoms with E-state index in [-0.39, 0.29) is 0 Å². The molecular formula is C12H15NO3. The third-order valence-corrected chi connectivity index (χ3v) is 1.99. The van der Waals surface area contributed by atoms with Crippen LogP contribution in [0.5, 0.6) is 0 Å². The Bertz CT molecular complexity index is 349. The molecule has 0 aliphatic heterocycles. The van der Waals surface area contributed by atoms with Gasteiger partial charge in [-0.3, -0.25) is 0 Å². The summed E-state index contributed by atoms with van der Waals surface area (Å²) in [6, 6.07) is 8.42. The third-order valence-electron chi connectivity index (χ3n) is 1.99. The maximum atomic E-state index is 11.4. The van der Waals surface area contributed by atoms with Crippen LogP contribution in [-0.2, 0) is 4.74 Å². The van der Waals surface area contributed by atoms with Crippen LogP contribution in [0.4, 0.5) is 4.79 Å². The van der Waals surface area contributed by atoms with Gasteiger partial charge in [-0.25, -0.2) is 9.59 Å². The van der Waals surface area contributed by atoms with E-state index in [4.69, 9.17) is 0 Å². The molecule has 4 heteroatoms. The molecule has 0 saturated carbocycles. The molecule has 86 valence electrons. The zero-order valence-electron chi connectivity index (χ0n) is 9.23. The summed E-state index contributed by atoms with van der Waals surface area (Å²) in [5.74, 6) is -0.630. The molecule has 1 rings (SSSR count). The van der Waals surface area contributed by atoms with Gasteiger partial charge < -0.3 is 10.1 Å². The highest BCUT2D eigenvalue weighted by Crippen LogP contribution is 2.00. The van der Waals surface area contributed by atoms with Crippen molar-refractivity contribution in [2.75, 3.05) is 6.54 Å². The highest BCUT2D eigenvalue weighted by molar-refractivity contribution is 5.96. The first-order valence-corrected chi connectivity index (χ1v) is 5.29. The summed E-state index contributed by atoms with van der Waals surface area (Å²) in [5, 5.41) is 2.50. The molecule has 1 N–H and O–H groups in total. The number of amides is 1. The van der Waals surface area contributed by atoms with E-state index in [2.05, 4.69) is 10.1 Å². The van der Waals surface area contributed by atoms with Crippen molar-refractivity contribution in [2.45, 2.75) is 19.8 Å². The van der Waals surface area contributed by atoms with Crippen molar-refractivity contribution in [2.24, 2.45) is 0 Å². The number of carbonyl (C=O) groups is 2. The quantitative estimate of drug-likeness (QED) is 0.482.